The minimum absolute atomic E-state index is 0. The van der Waals surface area contributed by atoms with Gasteiger partial charge in [0.15, 0.2) is 5.96 Å². The Morgan fingerprint density at radius 2 is 2.00 bits per heavy atom. The summed E-state index contributed by atoms with van der Waals surface area (Å²) in [4.78, 5) is 16.3. The van der Waals surface area contributed by atoms with E-state index in [9.17, 15) is 4.79 Å². The third-order valence-electron chi connectivity index (χ3n) is 3.58. The molecule has 0 saturated heterocycles. The molecule has 1 aliphatic rings. The molecule has 0 heterocycles. The van der Waals surface area contributed by atoms with Gasteiger partial charge >= 0.3 is 0 Å². The van der Waals surface area contributed by atoms with Gasteiger partial charge in [-0.2, -0.15) is 0 Å². The number of amides is 1. The van der Waals surface area contributed by atoms with E-state index < -0.39 is 0 Å². The number of nitrogens with zero attached hydrogens (tertiary/aromatic N) is 1. The molecular weight excluding hydrogens is 403 g/mol. The predicted octanol–water partition coefficient (Wildman–Crippen LogP) is 2.34. The second kappa shape index (κ2) is 10.5. The molecule has 1 aliphatic carbocycles. The topological polar surface area (TPSA) is 65.5 Å². The molecule has 1 aromatic rings. The normalized spacial score (nSPS) is 13.9. The molecular formula is C17H27IN4O. The number of hydrogen-bond donors (Lipinski definition) is 3. The third kappa shape index (κ3) is 7.67. The van der Waals surface area contributed by atoms with Gasteiger partial charge in [0.2, 0.25) is 5.91 Å². The van der Waals surface area contributed by atoms with Gasteiger partial charge in [-0.05, 0) is 37.3 Å². The zero-order chi connectivity index (χ0) is 15.8. The summed E-state index contributed by atoms with van der Waals surface area (Å²) in [6.45, 7) is 5.71. The molecule has 1 saturated carbocycles. The van der Waals surface area contributed by atoms with Crippen LogP contribution in [0, 0.1) is 6.92 Å². The van der Waals surface area contributed by atoms with Crippen LogP contribution in [0.2, 0.25) is 0 Å². The average Bonchev–Trinajstić information content (AvgIpc) is 3.33. The maximum Gasteiger partial charge on any atom is 0.239 e. The zero-order valence-electron chi connectivity index (χ0n) is 13.9. The SMILES string of the molecule is CCCNC(=O)CNC(=NCc1ccccc1C)NC1CC1.I. The van der Waals surface area contributed by atoms with Gasteiger partial charge in [-0.1, -0.05) is 31.2 Å². The van der Waals surface area contributed by atoms with Crippen molar-refractivity contribution in [1.29, 1.82) is 0 Å². The van der Waals surface area contributed by atoms with Crippen LogP contribution < -0.4 is 16.0 Å². The molecule has 0 aliphatic heterocycles. The molecule has 0 bridgehead atoms. The Kier molecular flexibility index (Phi) is 8.98. The quantitative estimate of drug-likeness (QED) is 0.354. The molecule has 0 spiro atoms. The average molecular weight is 430 g/mol. The van der Waals surface area contributed by atoms with Crippen molar-refractivity contribution in [2.75, 3.05) is 13.1 Å². The monoisotopic (exact) mass is 430 g/mol. The smallest absolute Gasteiger partial charge is 0.239 e. The van der Waals surface area contributed by atoms with Crippen molar-refractivity contribution in [3.05, 3.63) is 35.4 Å². The Bertz CT molecular complexity index is 529. The highest BCUT2D eigenvalue weighted by molar-refractivity contribution is 14.0. The number of halogens is 1. The van der Waals surface area contributed by atoms with E-state index in [2.05, 4.69) is 40.0 Å². The van der Waals surface area contributed by atoms with Gasteiger partial charge in [0, 0.05) is 12.6 Å². The standard InChI is InChI=1S/C17H26N4O.HI/c1-3-10-18-16(22)12-20-17(21-15-8-9-15)19-11-14-7-5-4-6-13(14)2;/h4-7,15H,3,8-12H2,1-2H3,(H,18,22)(H2,19,20,21);1H. The molecule has 0 unspecified atom stereocenters. The summed E-state index contributed by atoms with van der Waals surface area (Å²) in [6.07, 6.45) is 3.29. The largest absolute Gasteiger partial charge is 0.355 e. The number of hydrogen-bond acceptors (Lipinski definition) is 2. The number of rotatable bonds is 7. The number of aliphatic imine (C=N–C) groups is 1. The Hall–Kier alpha value is -1.31. The Balaban J connectivity index is 0.00000264. The summed E-state index contributed by atoms with van der Waals surface area (Å²) in [6, 6.07) is 8.73. The van der Waals surface area contributed by atoms with Gasteiger partial charge in [-0.3, -0.25) is 4.79 Å². The molecule has 3 N–H and O–H groups in total. The molecule has 5 nitrogen and oxygen atoms in total. The second-order valence-corrected chi connectivity index (χ2v) is 5.71. The van der Waals surface area contributed by atoms with Crippen molar-refractivity contribution in [3.63, 3.8) is 0 Å². The van der Waals surface area contributed by atoms with Gasteiger partial charge in [0.25, 0.3) is 0 Å². The van der Waals surface area contributed by atoms with Crippen LogP contribution in [0.5, 0.6) is 0 Å². The van der Waals surface area contributed by atoms with Crippen LogP contribution in [0.1, 0.15) is 37.3 Å². The van der Waals surface area contributed by atoms with Gasteiger partial charge < -0.3 is 16.0 Å². The van der Waals surface area contributed by atoms with Crippen molar-refractivity contribution < 1.29 is 4.79 Å². The van der Waals surface area contributed by atoms with Crippen molar-refractivity contribution in [1.82, 2.24) is 16.0 Å². The van der Waals surface area contributed by atoms with E-state index in [0.717, 1.165) is 12.4 Å². The van der Waals surface area contributed by atoms with Gasteiger partial charge in [0.05, 0.1) is 13.1 Å². The fraction of sp³-hybridized carbons (Fsp3) is 0.529. The first-order valence-electron chi connectivity index (χ1n) is 8.05. The number of carbonyl (C=O) groups excluding carboxylic acids is 1. The summed E-state index contributed by atoms with van der Waals surface area (Å²) >= 11 is 0. The molecule has 0 atom stereocenters. The first-order chi connectivity index (χ1) is 10.7. The third-order valence-corrected chi connectivity index (χ3v) is 3.58. The lowest BCUT2D eigenvalue weighted by molar-refractivity contribution is -0.120. The number of aryl methyl sites for hydroxylation is 1. The van der Waals surface area contributed by atoms with Crippen LogP contribution in [-0.2, 0) is 11.3 Å². The minimum Gasteiger partial charge on any atom is -0.355 e. The van der Waals surface area contributed by atoms with Crippen molar-refractivity contribution in [2.24, 2.45) is 4.99 Å². The summed E-state index contributed by atoms with van der Waals surface area (Å²) < 4.78 is 0. The van der Waals surface area contributed by atoms with E-state index in [0.29, 0.717) is 19.1 Å². The van der Waals surface area contributed by atoms with Crippen molar-refractivity contribution in [2.45, 2.75) is 45.7 Å². The Labute approximate surface area is 155 Å². The summed E-state index contributed by atoms with van der Waals surface area (Å²) in [5.41, 5.74) is 2.44. The van der Waals surface area contributed by atoms with Crippen LogP contribution in [0.15, 0.2) is 29.3 Å². The molecule has 6 heteroatoms. The van der Waals surface area contributed by atoms with Crippen LogP contribution in [-0.4, -0.2) is 31.0 Å². The molecule has 2 rings (SSSR count). The van der Waals surface area contributed by atoms with Crippen LogP contribution in [0.25, 0.3) is 0 Å². The summed E-state index contributed by atoms with van der Waals surface area (Å²) in [5, 5.41) is 9.32. The molecule has 23 heavy (non-hydrogen) atoms. The lowest BCUT2D eigenvalue weighted by Gasteiger charge is -2.12. The maximum atomic E-state index is 11.7. The number of benzene rings is 1. The maximum absolute atomic E-state index is 11.7. The van der Waals surface area contributed by atoms with E-state index >= 15 is 0 Å². The van der Waals surface area contributed by atoms with Gasteiger partial charge in [-0.25, -0.2) is 4.99 Å². The van der Waals surface area contributed by atoms with Crippen LogP contribution in [0.3, 0.4) is 0 Å². The molecule has 1 aromatic carbocycles. The summed E-state index contributed by atoms with van der Waals surface area (Å²) in [7, 11) is 0. The fourth-order valence-electron chi connectivity index (χ4n) is 2.02. The minimum atomic E-state index is 0. The summed E-state index contributed by atoms with van der Waals surface area (Å²) in [5.74, 6) is 0.723. The van der Waals surface area contributed by atoms with Crippen LogP contribution >= 0.6 is 24.0 Å². The van der Waals surface area contributed by atoms with Gasteiger partial charge in [-0.15, -0.1) is 24.0 Å². The second-order valence-electron chi connectivity index (χ2n) is 5.71. The predicted molar refractivity (Wildman–Crippen MR) is 105 cm³/mol. The Morgan fingerprint density at radius 1 is 1.26 bits per heavy atom. The lowest BCUT2D eigenvalue weighted by Crippen LogP contribution is -2.44. The highest BCUT2D eigenvalue weighted by Gasteiger charge is 2.22. The van der Waals surface area contributed by atoms with Gasteiger partial charge in [0.1, 0.15) is 0 Å². The highest BCUT2D eigenvalue weighted by Crippen LogP contribution is 2.18. The van der Waals surface area contributed by atoms with E-state index in [1.165, 1.54) is 24.0 Å². The van der Waals surface area contributed by atoms with E-state index in [-0.39, 0.29) is 36.4 Å². The highest BCUT2D eigenvalue weighted by atomic mass is 127. The number of carbonyl (C=O) groups is 1. The first kappa shape index (κ1) is 19.7. The number of guanidine groups is 1. The molecule has 128 valence electrons. The van der Waals surface area contributed by atoms with E-state index in [1.54, 1.807) is 0 Å². The first-order valence-corrected chi connectivity index (χ1v) is 8.05. The Morgan fingerprint density at radius 3 is 2.65 bits per heavy atom. The molecule has 1 fully saturated rings. The van der Waals surface area contributed by atoms with Crippen molar-refractivity contribution >= 4 is 35.8 Å². The van der Waals surface area contributed by atoms with Crippen molar-refractivity contribution in [3.8, 4) is 0 Å². The molecule has 1 amide bonds. The molecule has 0 radical (unpaired) electrons. The van der Waals surface area contributed by atoms with Crippen LogP contribution in [0.4, 0.5) is 0 Å². The molecule has 0 aromatic heterocycles. The van der Waals surface area contributed by atoms with E-state index in [4.69, 9.17) is 0 Å². The van der Waals surface area contributed by atoms with E-state index in [1.807, 2.05) is 19.1 Å². The number of nitrogens with one attached hydrogen (secondary N) is 3. The zero-order valence-corrected chi connectivity index (χ0v) is 16.2. The lowest BCUT2D eigenvalue weighted by atomic mass is 10.1. The fourth-order valence-corrected chi connectivity index (χ4v) is 2.02.